The van der Waals surface area contributed by atoms with Crippen molar-refractivity contribution in [2.75, 3.05) is 25.0 Å². The van der Waals surface area contributed by atoms with Gasteiger partial charge in [-0.1, -0.05) is 54.3 Å². The summed E-state index contributed by atoms with van der Waals surface area (Å²) in [6, 6.07) is 11.8. The van der Waals surface area contributed by atoms with E-state index in [4.69, 9.17) is 16.3 Å². The van der Waals surface area contributed by atoms with Crippen LogP contribution in [0, 0.1) is 6.92 Å². The van der Waals surface area contributed by atoms with Crippen LogP contribution >= 0.6 is 22.9 Å². The summed E-state index contributed by atoms with van der Waals surface area (Å²) in [4.78, 5) is 29.1. The van der Waals surface area contributed by atoms with Crippen molar-refractivity contribution in [2.45, 2.75) is 37.5 Å². The number of aromatic nitrogens is 1. The van der Waals surface area contributed by atoms with Crippen LogP contribution in [0.5, 0.6) is 0 Å². The van der Waals surface area contributed by atoms with Gasteiger partial charge in [0, 0.05) is 24.0 Å². The third kappa shape index (κ3) is 6.31. The van der Waals surface area contributed by atoms with Gasteiger partial charge >= 0.3 is 5.97 Å². The lowest BCUT2D eigenvalue weighted by Crippen LogP contribution is -2.32. The minimum absolute atomic E-state index is 0.00324. The highest BCUT2D eigenvalue weighted by molar-refractivity contribution is 7.89. The van der Waals surface area contributed by atoms with Crippen LogP contribution in [-0.2, 0) is 19.6 Å². The van der Waals surface area contributed by atoms with E-state index in [1.54, 1.807) is 0 Å². The summed E-state index contributed by atoms with van der Waals surface area (Å²) in [7, 11) is -3.86. The molecule has 190 valence electrons. The molecule has 0 saturated carbocycles. The molecule has 2 aromatic carbocycles. The molecule has 1 N–H and O–H groups in total. The van der Waals surface area contributed by atoms with Crippen molar-refractivity contribution in [2.24, 2.45) is 0 Å². The lowest BCUT2D eigenvalue weighted by atomic mass is 10.1. The quantitative estimate of drug-likeness (QED) is 0.411. The van der Waals surface area contributed by atoms with Crippen molar-refractivity contribution in [3.63, 3.8) is 0 Å². The number of carbonyl (C=O) groups is 2. The number of nitrogens with one attached hydrogen (secondary N) is 1. The number of hydrogen-bond acceptors (Lipinski definition) is 7. The number of aryl methyl sites for hydroxylation is 1. The Labute approximate surface area is 219 Å². The first-order valence-corrected chi connectivity index (χ1v) is 14.2. The molecule has 0 atom stereocenters. The lowest BCUT2D eigenvalue weighted by molar-refractivity contribution is -0.119. The van der Waals surface area contributed by atoms with Crippen molar-refractivity contribution in [1.29, 1.82) is 0 Å². The van der Waals surface area contributed by atoms with Gasteiger partial charge in [-0.3, -0.25) is 10.1 Å². The average Bonchev–Trinajstić information content (AvgIpc) is 3.13. The van der Waals surface area contributed by atoms with E-state index < -0.39 is 28.5 Å². The Balaban J connectivity index is 1.38. The van der Waals surface area contributed by atoms with Crippen LogP contribution in [0.1, 0.15) is 41.6 Å². The number of sulfonamides is 1. The number of rotatable bonds is 7. The molecule has 0 radical (unpaired) electrons. The number of benzene rings is 2. The van der Waals surface area contributed by atoms with Gasteiger partial charge in [0.05, 0.1) is 16.3 Å². The Morgan fingerprint density at radius 1 is 1.08 bits per heavy atom. The average molecular weight is 548 g/mol. The second kappa shape index (κ2) is 11.5. The van der Waals surface area contributed by atoms with E-state index in [0.717, 1.165) is 42.5 Å². The smallest absolute Gasteiger partial charge is 0.338 e. The first kappa shape index (κ1) is 26.3. The molecule has 2 heterocycles. The van der Waals surface area contributed by atoms with E-state index in [1.165, 1.54) is 33.8 Å². The lowest BCUT2D eigenvalue weighted by Gasteiger charge is -2.21. The van der Waals surface area contributed by atoms with Gasteiger partial charge in [0.25, 0.3) is 5.91 Å². The number of ether oxygens (including phenoxy) is 1. The number of nitrogens with zero attached hydrogens (tertiary/aromatic N) is 2. The zero-order chi connectivity index (χ0) is 25.7. The molecule has 1 saturated heterocycles. The number of anilines is 1. The monoisotopic (exact) mass is 547 g/mol. The second-order valence-corrected chi connectivity index (χ2v) is 11.7. The standard InChI is InChI=1S/C25H26ClN3O5S2/c1-17-6-8-18(9-7-17)21-16-35-25(27-21)28-23(30)15-34-24(31)19-10-11-20(26)22(14-19)36(32,33)29-12-4-2-3-5-13-29/h6-11,14,16H,2-5,12-13,15H2,1H3,(H,27,28,30). The van der Waals surface area contributed by atoms with Crippen molar-refractivity contribution in [3.8, 4) is 11.3 Å². The molecule has 0 unspecified atom stereocenters. The first-order chi connectivity index (χ1) is 17.2. The van der Waals surface area contributed by atoms with Crippen molar-refractivity contribution in [3.05, 3.63) is 64.0 Å². The summed E-state index contributed by atoms with van der Waals surface area (Å²) < 4.78 is 32.8. The molecular formula is C25H26ClN3O5S2. The molecular weight excluding hydrogens is 522 g/mol. The maximum absolute atomic E-state index is 13.1. The predicted molar refractivity (Wildman–Crippen MR) is 140 cm³/mol. The Kier molecular flexibility index (Phi) is 8.40. The molecule has 36 heavy (non-hydrogen) atoms. The summed E-state index contributed by atoms with van der Waals surface area (Å²) in [6.07, 6.45) is 3.50. The minimum Gasteiger partial charge on any atom is -0.452 e. The minimum atomic E-state index is -3.86. The first-order valence-electron chi connectivity index (χ1n) is 11.5. The number of amides is 1. The van der Waals surface area contributed by atoms with Crippen LogP contribution in [0.4, 0.5) is 5.13 Å². The van der Waals surface area contributed by atoms with Gasteiger partial charge in [-0.25, -0.2) is 18.2 Å². The Morgan fingerprint density at radius 3 is 2.47 bits per heavy atom. The second-order valence-electron chi connectivity index (χ2n) is 8.49. The Hall–Kier alpha value is -2.79. The summed E-state index contributed by atoms with van der Waals surface area (Å²) >= 11 is 7.45. The Morgan fingerprint density at radius 2 is 1.78 bits per heavy atom. The Bertz CT molecular complexity index is 1350. The van der Waals surface area contributed by atoms with Gasteiger partial charge in [-0.2, -0.15) is 4.31 Å². The third-order valence-electron chi connectivity index (χ3n) is 5.78. The number of halogens is 1. The number of hydrogen-bond donors (Lipinski definition) is 1. The molecule has 1 amide bonds. The maximum atomic E-state index is 13.1. The van der Waals surface area contributed by atoms with E-state index in [0.29, 0.717) is 18.2 Å². The van der Waals surface area contributed by atoms with Gasteiger partial charge < -0.3 is 4.74 Å². The highest BCUT2D eigenvalue weighted by atomic mass is 35.5. The molecule has 0 aliphatic carbocycles. The highest BCUT2D eigenvalue weighted by Crippen LogP contribution is 2.28. The molecule has 1 aromatic heterocycles. The fourth-order valence-electron chi connectivity index (χ4n) is 3.81. The fraction of sp³-hybridized carbons (Fsp3) is 0.320. The highest BCUT2D eigenvalue weighted by Gasteiger charge is 2.28. The SMILES string of the molecule is Cc1ccc(-c2csc(NC(=O)COC(=O)c3ccc(Cl)c(S(=O)(=O)N4CCCCCC4)c3)n2)cc1. The summed E-state index contributed by atoms with van der Waals surface area (Å²) in [6.45, 7) is 2.28. The van der Waals surface area contributed by atoms with Crippen molar-refractivity contribution < 1.29 is 22.7 Å². The van der Waals surface area contributed by atoms with E-state index in [1.807, 2.05) is 36.6 Å². The largest absolute Gasteiger partial charge is 0.452 e. The summed E-state index contributed by atoms with van der Waals surface area (Å²) in [5, 5.41) is 4.85. The topological polar surface area (TPSA) is 106 Å². The fourth-order valence-corrected chi connectivity index (χ4v) is 6.56. The van der Waals surface area contributed by atoms with Crippen LogP contribution < -0.4 is 5.32 Å². The zero-order valence-corrected chi connectivity index (χ0v) is 22.1. The van der Waals surface area contributed by atoms with Crippen LogP contribution in [0.3, 0.4) is 0 Å². The van der Waals surface area contributed by atoms with Crippen LogP contribution in [-0.4, -0.2) is 49.3 Å². The predicted octanol–water partition coefficient (Wildman–Crippen LogP) is 5.13. The molecule has 0 bridgehead atoms. The molecule has 8 nitrogen and oxygen atoms in total. The van der Waals surface area contributed by atoms with Crippen LogP contribution in [0.15, 0.2) is 52.7 Å². The molecule has 4 rings (SSSR count). The number of esters is 1. The zero-order valence-electron chi connectivity index (χ0n) is 19.7. The van der Waals surface area contributed by atoms with Gasteiger partial charge in [-0.15, -0.1) is 11.3 Å². The van der Waals surface area contributed by atoms with E-state index in [-0.39, 0.29) is 15.5 Å². The van der Waals surface area contributed by atoms with Gasteiger partial charge in [0.1, 0.15) is 4.90 Å². The van der Waals surface area contributed by atoms with E-state index in [9.17, 15) is 18.0 Å². The van der Waals surface area contributed by atoms with Crippen molar-refractivity contribution >= 4 is 50.0 Å². The molecule has 1 fully saturated rings. The summed E-state index contributed by atoms with van der Waals surface area (Å²) in [5.74, 6) is -1.38. The van der Waals surface area contributed by atoms with E-state index in [2.05, 4.69) is 10.3 Å². The van der Waals surface area contributed by atoms with Crippen LogP contribution in [0.2, 0.25) is 5.02 Å². The van der Waals surface area contributed by atoms with E-state index >= 15 is 0 Å². The molecule has 0 spiro atoms. The van der Waals surface area contributed by atoms with Gasteiger partial charge in [0.15, 0.2) is 11.7 Å². The summed E-state index contributed by atoms with van der Waals surface area (Å²) in [5.41, 5.74) is 2.79. The third-order valence-corrected chi connectivity index (χ3v) is 8.92. The van der Waals surface area contributed by atoms with Gasteiger partial charge in [0.2, 0.25) is 10.0 Å². The van der Waals surface area contributed by atoms with Crippen LogP contribution in [0.25, 0.3) is 11.3 Å². The van der Waals surface area contributed by atoms with Gasteiger partial charge in [-0.05, 0) is 38.0 Å². The maximum Gasteiger partial charge on any atom is 0.338 e. The number of carbonyl (C=O) groups excluding carboxylic acids is 2. The normalized spacial score (nSPS) is 14.7. The molecule has 1 aliphatic rings. The number of thiazole rings is 1. The molecule has 3 aromatic rings. The van der Waals surface area contributed by atoms with Crippen molar-refractivity contribution in [1.82, 2.24) is 9.29 Å². The molecule has 1 aliphatic heterocycles. The molecule has 11 heteroatoms.